The molecule has 2 aromatic carbocycles. The minimum Gasteiger partial charge on any atom is -0.383 e. The summed E-state index contributed by atoms with van der Waals surface area (Å²) in [6, 6.07) is 15.5. The van der Waals surface area contributed by atoms with Gasteiger partial charge in [0.2, 0.25) is 5.95 Å². The molecule has 0 radical (unpaired) electrons. The molecule has 0 unspecified atom stereocenters. The second-order valence-corrected chi connectivity index (χ2v) is 4.91. The molecule has 0 aliphatic rings. The molecule has 0 amide bonds. The van der Waals surface area contributed by atoms with Gasteiger partial charge in [-0.2, -0.15) is 4.98 Å². The zero-order chi connectivity index (χ0) is 13.2. The van der Waals surface area contributed by atoms with Gasteiger partial charge in [-0.25, -0.2) is 4.98 Å². The first kappa shape index (κ1) is 11.9. The Balaban J connectivity index is 2.08. The third-order valence-electron chi connectivity index (χ3n) is 2.74. The van der Waals surface area contributed by atoms with Gasteiger partial charge >= 0.3 is 0 Å². The van der Waals surface area contributed by atoms with Crippen molar-refractivity contribution in [3.63, 3.8) is 0 Å². The molecule has 3 N–H and O–H groups in total. The van der Waals surface area contributed by atoms with Crippen molar-refractivity contribution in [2.45, 2.75) is 0 Å². The van der Waals surface area contributed by atoms with E-state index in [-0.39, 0.29) is 0 Å². The Morgan fingerprint density at radius 3 is 2.53 bits per heavy atom. The number of para-hydroxylation sites is 2. The number of nitrogens with zero attached hydrogens (tertiary/aromatic N) is 2. The van der Waals surface area contributed by atoms with Gasteiger partial charge in [-0.05, 0) is 40.2 Å². The fourth-order valence-electron chi connectivity index (χ4n) is 1.85. The van der Waals surface area contributed by atoms with Gasteiger partial charge in [0.1, 0.15) is 5.82 Å². The van der Waals surface area contributed by atoms with Crippen LogP contribution in [-0.2, 0) is 0 Å². The monoisotopic (exact) mass is 314 g/mol. The number of rotatable bonds is 2. The van der Waals surface area contributed by atoms with Crippen LogP contribution >= 0.6 is 15.9 Å². The Morgan fingerprint density at radius 1 is 0.947 bits per heavy atom. The molecule has 0 saturated carbocycles. The maximum atomic E-state index is 5.97. The minimum absolute atomic E-state index is 0.463. The van der Waals surface area contributed by atoms with Gasteiger partial charge in [-0.3, -0.25) is 0 Å². The summed E-state index contributed by atoms with van der Waals surface area (Å²) >= 11 is 3.48. The van der Waals surface area contributed by atoms with Crippen LogP contribution in [0.15, 0.2) is 53.0 Å². The Labute approximate surface area is 118 Å². The van der Waals surface area contributed by atoms with Crippen molar-refractivity contribution >= 4 is 44.3 Å². The maximum absolute atomic E-state index is 5.97. The lowest BCUT2D eigenvalue weighted by Gasteiger charge is -2.08. The summed E-state index contributed by atoms with van der Waals surface area (Å²) in [5.41, 5.74) is 7.69. The predicted molar refractivity (Wildman–Crippen MR) is 81.4 cm³/mol. The number of anilines is 3. The number of hydrogen-bond donors (Lipinski definition) is 2. The average Bonchev–Trinajstić information content (AvgIpc) is 2.41. The lowest BCUT2D eigenvalue weighted by molar-refractivity contribution is 1.22. The molecule has 3 rings (SSSR count). The fourth-order valence-corrected chi connectivity index (χ4v) is 2.30. The zero-order valence-electron chi connectivity index (χ0n) is 9.97. The summed E-state index contributed by atoms with van der Waals surface area (Å²) in [7, 11) is 0. The summed E-state index contributed by atoms with van der Waals surface area (Å²) in [4.78, 5) is 8.75. The van der Waals surface area contributed by atoms with Crippen molar-refractivity contribution in [3.05, 3.63) is 53.0 Å². The van der Waals surface area contributed by atoms with Gasteiger partial charge in [0.25, 0.3) is 0 Å². The van der Waals surface area contributed by atoms with Crippen molar-refractivity contribution in [3.8, 4) is 0 Å². The minimum atomic E-state index is 0.463. The van der Waals surface area contributed by atoms with Crippen molar-refractivity contribution in [2.75, 3.05) is 11.1 Å². The van der Waals surface area contributed by atoms with E-state index in [1.54, 1.807) is 0 Å². The van der Waals surface area contributed by atoms with E-state index in [1.165, 1.54) is 0 Å². The molecule has 4 nitrogen and oxygen atoms in total. The van der Waals surface area contributed by atoms with Crippen LogP contribution < -0.4 is 11.1 Å². The summed E-state index contributed by atoms with van der Waals surface area (Å²) in [5.74, 6) is 0.952. The number of aromatic nitrogens is 2. The smallest absolute Gasteiger partial charge is 0.229 e. The maximum Gasteiger partial charge on any atom is 0.229 e. The van der Waals surface area contributed by atoms with E-state index in [0.717, 1.165) is 21.1 Å². The third kappa shape index (κ3) is 2.37. The molecule has 1 aromatic heterocycles. The van der Waals surface area contributed by atoms with Crippen LogP contribution in [0.2, 0.25) is 0 Å². The van der Waals surface area contributed by atoms with Crippen LogP contribution in [0, 0.1) is 0 Å². The molecule has 1 heterocycles. The highest BCUT2D eigenvalue weighted by molar-refractivity contribution is 9.10. The highest BCUT2D eigenvalue weighted by Gasteiger charge is 2.07. The van der Waals surface area contributed by atoms with Crippen molar-refractivity contribution in [1.29, 1.82) is 0 Å². The van der Waals surface area contributed by atoms with Crippen molar-refractivity contribution in [1.82, 2.24) is 9.97 Å². The third-order valence-corrected chi connectivity index (χ3v) is 3.38. The van der Waals surface area contributed by atoms with Crippen LogP contribution in [0.5, 0.6) is 0 Å². The highest BCUT2D eigenvalue weighted by atomic mass is 79.9. The molecule has 19 heavy (non-hydrogen) atoms. The van der Waals surface area contributed by atoms with Crippen LogP contribution in [0.3, 0.4) is 0 Å². The Hall–Kier alpha value is -2.14. The van der Waals surface area contributed by atoms with Gasteiger partial charge in [0.05, 0.1) is 5.52 Å². The number of nitrogens with two attached hydrogens (primary N) is 1. The first-order valence-corrected chi connectivity index (χ1v) is 6.57. The second kappa shape index (κ2) is 4.85. The molecule has 5 heteroatoms. The molecule has 94 valence electrons. The van der Waals surface area contributed by atoms with Crippen LogP contribution in [0.4, 0.5) is 17.5 Å². The molecular weight excluding hydrogens is 304 g/mol. The van der Waals surface area contributed by atoms with Crippen molar-refractivity contribution < 1.29 is 0 Å². The highest BCUT2D eigenvalue weighted by Crippen LogP contribution is 2.27. The summed E-state index contributed by atoms with van der Waals surface area (Å²) < 4.78 is 0.898. The topological polar surface area (TPSA) is 63.8 Å². The summed E-state index contributed by atoms with van der Waals surface area (Å²) in [6.45, 7) is 0. The van der Waals surface area contributed by atoms with Gasteiger partial charge in [-0.15, -0.1) is 0 Å². The molecule has 0 atom stereocenters. The van der Waals surface area contributed by atoms with Gasteiger partial charge in [0, 0.05) is 15.5 Å². The largest absolute Gasteiger partial charge is 0.383 e. The number of benzene rings is 2. The number of hydrogen-bond acceptors (Lipinski definition) is 4. The summed E-state index contributed by atoms with van der Waals surface area (Å²) in [6.07, 6.45) is 0. The molecule has 0 aliphatic carbocycles. The van der Waals surface area contributed by atoms with E-state index in [1.807, 2.05) is 48.5 Å². The first-order valence-electron chi connectivity index (χ1n) is 5.78. The number of halogens is 1. The Morgan fingerprint density at radius 2 is 1.74 bits per heavy atom. The fraction of sp³-hybridized carbons (Fsp3) is 0. The normalized spacial score (nSPS) is 10.6. The van der Waals surface area contributed by atoms with E-state index >= 15 is 0 Å². The van der Waals surface area contributed by atoms with Crippen LogP contribution in [0.1, 0.15) is 0 Å². The van der Waals surface area contributed by atoms with E-state index < -0.39 is 0 Å². The Kier molecular flexibility index (Phi) is 3.05. The number of nitrogens with one attached hydrogen (secondary N) is 1. The Bertz CT molecular complexity index is 728. The summed E-state index contributed by atoms with van der Waals surface area (Å²) in [5, 5.41) is 3.98. The van der Waals surface area contributed by atoms with Gasteiger partial charge in [0.15, 0.2) is 0 Å². The standard InChI is InChI=1S/C14H11BrN4/c15-11-8-4-7-10-12(11)18-14(19-13(10)16)17-9-5-2-1-3-6-9/h1-8H,(H3,16,17,18,19). The first-order chi connectivity index (χ1) is 9.24. The quantitative estimate of drug-likeness (QED) is 0.756. The van der Waals surface area contributed by atoms with Gasteiger partial charge in [-0.1, -0.05) is 24.3 Å². The van der Waals surface area contributed by atoms with Crippen molar-refractivity contribution in [2.24, 2.45) is 0 Å². The molecule has 0 saturated heterocycles. The molecule has 3 aromatic rings. The van der Waals surface area contributed by atoms with E-state index in [0.29, 0.717) is 11.8 Å². The van der Waals surface area contributed by atoms with E-state index in [4.69, 9.17) is 5.73 Å². The van der Waals surface area contributed by atoms with E-state index in [2.05, 4.69) is 31.2 Å². The number of nitrogen functional groups attached to an aromatic ring is 1. The lowest BCUT2D eigenvalue weighted by Crippen LogP contribution is -2.01. The zero-order valence-corrected chi connectivity index (χ0v) is 11.6. The molecular formula is C14H11BrN4. The molecule has 0 fully saturated rings. The van der Waals surface area contributed by atoms with Crippen LogP contribution in [0.25, 0.3) is 10.9 Å². The molecule has 0 spiro atoms. The van der Waals surface area contributed by atoms with E-state index in [9.17, 15) is 0 Å². The molecule has 0 bridgehead atoms. The van der Waals surface area contributed by atoms with Crippen LogP contribution in [-0.4, -0.2) is 9.97 Å². The second-order valence-electron chi connectivity index (χ2n) is 4.06. The average molecular weight is 315 g/mol. The SMILES string of the molecule is Nc1nc(Nc2ccccc2)nc2c(Br)cccc12. The predicted octanol–water partition coefficient (Wildman–Crippen LogP) is 3.72. The molecule has 0 aliphatic heterocycles. The van der Waals surface area contributed by atoms with Gasteiger partial charge < -0.3 is 11.1 Å². The number of fused-ring (bicyclic) bond motifs is 1. The lowest BCUT2D eigenvalue weighted by atomic mass is 10.2.